The second kappa shape index (κ2) is 5.70. The van der Waals surface area contributed by atoms with E-state index in [2.05, 4.69) is 5.32 Å². The van der Waals surface area contributed by atoms with Gasteiger partial charge in [0, 0.05) is 13.1 Å². The molecule has 2 aliphatic rings. The van der Waals surface area contributed by atoms with Gasteiger partial charge < -0.3 is 5.11 Å². The van der Waals surface area contributed by atoms with Crippen LogP contribution in [0.5, 0.6) is 0 Å². The number of hydrogen-bond acceptors (Lipinski definition) is 5. The molecule has 2 saturated heterocycles. The minimum absolute atomic E-state index is 0.0678. The van der Waals surface area contributed by atoms with E-state index in [1.54, 1.807) is 0 Å². The van der Waals surface area contributed by atoms with Gasteiger partial charge in [0.15, 0.2) is 0 Å². The highest BCUT2D eigenvalue weighted by molar-refractivity contribution is 7.86. The maximum absolute atomic E-state index is 12.5. The monoisotopic (exact) mass is 319 g/mol. The first-order valence-corrected chi connectivity index (χ1v) is 7.96. The first-order valence-electron chi connectivity index (χ1n) is 6.57. The Bertz CT molecular complexity index is 567. The van der Waals surface area contributed by atoms with E-state index in [4.69, 9.17) is 5.11 Å². The maximum atomic E-state index is 12.5. The normalized spacial score (nSPS) is 26.6. The standard InChI is InChI=1S/C11H17N3O6S/c1-7-10(16)12-9(15)6-14(7)21(19,20)13-4-2-8(3-5-13)11(17)18/h7-8H,2-6H2,1H3,(H,17,18)(H,12,15,16). The van der Waals surface area contributed by atoms with Crippen LogP contribution < -0.4 is 5.32 Å². The summed E-state index contributed by atoms with van der Waals surface area (Å²) in [7, 11) is -3.96. The number of nitrogens with one attached hydrogen (secondary N) is 1. The lowest BCUT2D eigenvalue weighted by Crippen LogP contribution is -2.61. The molecule has 0 radical (unpaired) electrons. The Hall–Kier alpha value is -1.52. The Kier molecular flexibility index (Phi) is 4.30. The second-order valence-corrected chi connectivity index (χ2v) is 7.03. The van der Waals surface area contributed by atoms with Crippen molar-refractivity contribution in [3.05, 3.63) is 0 Å². The quantitative estimate of drug-likeness (QED) is 0.602. The van der Waals surface area contributed by atoms with Crippen LogP contribution in [0.25, 0.3) is 0 Å². The van der Waals surface area contributed by atoms with Crippen LogP contribution in [0.1, 0.15) is 19.8 Å². The summed E-state index contributed by atoms with van der Waals surface area (Å²) < 4.78 is 27.0. The fraction of sp³-hybridized carbons (Fsp3) is 0.727. The van der Waals surface area contributed by atoms with Crippen LogP contribution in [0.15, 0.2) is 0 Å². The van der Waals surface area contributed by atoms with Gasteiger partial charge in [0.05, 0.1) is 12.5 Å². The average Bonchev–Trinajstić information content (AvgIpc) is 2.42. The molecular formula is C11H17N3O6S. The number of nitrogens with zero attached hydrogens (tertiary/aromatic N) is 2. The Morgan fingerprint density at radius 3 is 2.38 bits per heavy atom. The number of piperazine rings is 1. The van der Waals surface area contributed by atoms with E-state index in [9.17, 15) is 22.8 Å². The lowest BCUT2D eigenvalue weighted by atomic mass is 9.99. The van der Waals surface area contributed by atoms with Crippen LogP contribution in [-0.2, 0) is 24.6 Å². The lowest BCUT2D eigenvalue weighted by Gasteiger charge is -2.37. The van der Waals surface area contributed by atoms with Crippen molar-refractivity contribution in [3.63, 3.8) is 0 Å². The number of piperidine rings is 1. The molecule has 0 aliphatic carbocycles. The van der Waals surface area contributed by atoms with Crippen molar-refractivity contribution in [1.29, 1.82) is 0 Å². The molecule has 0 saturated carbocycles. The largest absolute Gasteiger partial charge is 0.481 e. The van der Waals surface area contributed by atoms with Gasteiger partial charge in [0.2, 0.25) is 11.8 Å². The molecule has 2 N–H and O–H groups in total. The molecule has 2 heterocycles. The first-order chi connectivity index (χ1) is 9.73. The molecule has 2 fully saturated rings. The van der Waals surface area contributed by atoms with Gasteiger partial charge in [-0.15, -0.1) is 0 Å². The predicted octanol–water partition coefficient (Wildman–Crippen LogP) is -1.63. The van der Waals surface area contributed by atoms with Gasteiger partial charge in [0.25, 0.3) is 10.2 Å². The summed E-state index contributed by atoms with van der Waals surface area (Å²) in [6, 6.07) is -0.968. The van der Waals surface area contributed by atoms with Crippen molar-refractivity contribution in [1.82, 2.24) is 13.9 Å². The molecular weight excluding hydrogens is 302 g/mol. The molecule has 1 unspecified atom stereocenters. The summed E-state index contributed by atoms with van der Waals surface area (Å²) in [5.41, 5.74) is 0. The van der Waals surface area contributed by atoms with Crippen LogP contribution in [0.4, 0.5) is 0 Å². The Balaban J connectivity index is 2.13. The van der Waals surface area contributed by atoms with Gasteiger partial charge in [-0.25, -0.2) is 0 Å². The zero-order valence-corrected chi connectivity index (χ0v) is 12.3. The Morgan fingerprint density at radius 1 is 1.29 bits per heavy atom. The molecule has 0 aromatic heterocycles. The van der Waals surface area contributed by atoms with Crippen LogP contribution in [0.3, 0.4) is 0 Å². The highest BCUT2D eigenvalue weighted by Crippen LogP contribution is 2.23. The molecule has 21 heavy (non-hydrogen) atoms. The number of aliphatic carboxylic acids is 1. The van der Waals surface area contributed by atoms with Crippen molar-refractivity contribution >= 4 is 28.0 Å². The molecule has 0 spiro atoms. The molecule has 1 atom stereocenters. The van der Waals surface area contributed by atoms with Crippen molar-refractivity contribution in [3.8, 4) is 0 Å². The van der Waals surface area contributed by atoms with E-state index in [-0.39, 0.29) is 25.9 Å². The van der Waals surface area contributed by atoms with Gasteiger partial charge >= 0.3 is 5.97 Å². The molecule has 118 valence electrons. The molecule has 9 nitrogen and oxygen atoms in total. The SMILES string of the molecule is CC1C(=O)NC(=O)CN1S(=O)(=O)N1CCC(C(=O)O)CC1. The molecule has 2 aliphatic heterocycles. The summed E-state index contributed by atoms with van der Waals surface area (Å²) >= 11 is 0. The van der Waals surface area contributed by atoms with Crippen molar-refractivity contribution in [2.24, 2.45) is 5.92 Å². The van der Waals surface area contributed by atoms with Gasteiger partial charge in [-0.05, 0) is 19.8 Å². The number of amides is 2. The number of carbonyl (C=O) groups is 3. The van der Waals surface area contributed by atoms with E-state index in [1.165, 1.54) is 6.92 Å². The molecule has 0 bridgehead atoms. The fourth-order valence-electron chi connectivity index (χ4n) is 2.45. The summed E-state index contributed by atoms with van der Waals surface area (Å²) in [6.45, 7) is 1.13. The topological polar surface area (TPSA) is 124 Å². The predicted molar refractivity (Wildman–Crippen MR) is 70.2 cm³/mol. The van der Waals surface area contributed by atoms with E-state index in [0.29, 0.717) is 0 Å². The van der Waals surface area contributed by atoms with Crippen molar-refractivity contribution in [2.45, 2.75) is 25.8 Å². The zero-order chi connectivity index (χ0) is 15.8. The third kappa shape index (κ3) is 3.06. The fourth-order valence-corrected chi connectivity index (χ4v) is 4.20. The highest BCUT2D eigenvalue weighted by atomic mass is 32.2. The minimum Gasteiger partial charge on any atom is -0.481 e. The summed E-state index contributed by atoms with van der Waals surface area (Å²) in [5, 5.41) is 11.0. The van der Waals surface area contributed by atoms with Gasteiger partial charge in [0.1, 0.15) is 6.04 Å². The first kappa shape index (κ1) is 15.9. The number of carboxylic acid groups (broad SMARTS) is 1. The van der Waals surface area contributed by atoms with Gasteiger partial charge in [-0.1, -0.05) is 0 Å². The summed E-state index contributed by atoms with van der Waals surface area (Å²) in [5.74, 6) is -2.81. The van der Waals surface area contributed by atoms with E-state index in [0.717, 1.165) is 8.61 Å². The van der Waals surface area contributed by atoms with Crippen LogP contribution in [-0.4, -0.2) is 65.6 Å². The molecule has 2 rings (SSSR count). The van der Waals surface area contributed by atoms with E-state index in [1.807, 2.05) is 0 Å². The second-order valence-electron chi connectivity index (χ2n) is 5.15. The Morgan fingerprint density at radius 2 is 1.86 bits per heavy atom. The van der Waals surface area contributed by atoms with Crippen LogP contribution in [0.2, 0.25) is 0 Å². The van der Waals surface area contributed by atoms with Crippen LogP contribution >= 0.6 is 0 Å². The maximum Gasteiger partial charge on any atom is 0.306 e. The number of rotatable bonds is 3. The van der Waals surface area contributed by atoms with Gasteiger partial charge in [-0.3, -0.25) is 19.7 Å². The Labute approximate surface area is 122 Å². The molecule has 2 amide bonds. The lowest BCUT2D eigenvalue weighted by molar-refractivity contribution is -0.143. The van der Waals surface area contributed by atoms with Crippen molar-refractivity contribution in [2.75, 3.05) is 19.6 Å². The van der Waals surface area contributed by atoms with Gasteiger partial charge in [-0.2, -0.15) is 17.0 Å². The molecule has 0 aromatic rings. The zero-order valence-electron chi connectivity index (χ0n) is 11.5. The molecule has 0 aromatic carbocycles. The third-order valence-corrected chi connectivity index (χ3v) is 5.86. The number of carbonyl (C=O) groups excluding carboxylic acids is 2. The third-order valence-electron chi connectivity index (χ3n) is 3.80. The summed E-state index contributed by atoms with van der Waals surface area (Å²) in [4.78, 5) is 33.8. The van der Waals surface area contributed by atoms with E-state index < -0.39 is 46.5 Å². The average molecular weight is 319 g/mol. The number of carboxylic acids is 1. The smallest absolute Gasteiger partial charge is 0.306 e. The number of hydrogen-bond donors (Lipinski definition) is 2. The van der Waals surface area contributed by atoms with Crippen molar-refractivity contribution < 1.29 is 27.9 Å². The minimum atomic E-state index is -3.96. The number of imide groups is 1. The van der Waals surface area contributed by atoms with Crippen LogP contribution in [0, 0.1) is 5.92 Å². The van der Waals surface area contributed by atoms with E-state index >= 15 is 0 Å². The highest BCUT2D eigenvalue weighted by Gasteiger charge is 2.42. The molecule has 10 heteroatoms. The summed E-state index contributed by atoms with van der Waals surface area (Å²) in [6.07, 6.45) is 0.438.